The Morgan fingerprint density at radius 2 is 0.519 bits per heavy atom. The first kappa shape index (κ1) is 98.9. The normalized spacial score (nSPS) is 14.6. The Bertz CT molecular complexity index is 2540. The molecule has 0 aromatic heterocycles. The number of ether oxygens (including phenoxy) is 4. The van der Waals surface area contributed by atoms with Crippen LogP contribution in [0.2, 0.25) is 0 Å². The molecule has 0 spiro atoms. The molecular formula is C85H142O17P2. The molecule has 0 aliphatic heterocycles. The molecule has 0 aromatic rings. The Kier molecular flexibility index (Phi) is 72.4. The van der Waals surface area contributed by atoms with Crippen molar-refractivity contribution in [2.45, 2.75) is 329 Å². The van der Waals surface area contributed by atoms with Crippen molar-refractivity contribution in [1.29, 1.82) is 0 Å². The first-order valence-corrected chi connectivity index (χ1v) is 43.1. The first-order chi connectivity index (χ1) is 50.7. The van der Waals surface area contributed by atoms with Crippen molar-refractivity contribution in [3.63, 3.8) is 0 Å². The predicted octanol–water partition coefficient (Wildman–Crippen LogP) is 23.4. The summed E-state index contributed by atoms with van der Waals surface area (Å²) in [7, 11) is -9.99. The number of allylic oxidation sites excluding steroid dienone is 24. The Morgan fingerprint density at radius 3 is 0.856 bits per heavy atom. The van der Waals surface area contributed by atoms with Gasteiger partial charge < -0.3 is 33.8 Å². The van der Waals surface area contributed by atoms with Crippen LogP contribution in [0.25, 0.3) is 0 Å². The van der Waals surface area contributed by atoms with Gasteiger partial charge in [-0.25, -0.2) is 9.13 Å². The van der Waals surface area contributed by atoms with Crippen LogP contribution in [0, 0.1) is 0 Å². The molecule has 5 unspecified atom stereocenters. The number of phosphoric acid groups is 2. The van der Waals surface area contributed by atoms with Gasteiger partial charge >= 0.3 is 39.5 Å². The van der Waals surface area contributed by atoms with E-state index in [2.05, 4.69) is 155 Å². The zero-order valence-corrected chi connectivity index (χ0v) is 66.7. The summed E-state index contributed by atoms with van der Waals surface area (Å²) in [5, 5.41) is 10.6. The molecule has 594 valence electrons. The minimum Gasteiger partial charge on any atom is -0.462 e. The van der Waals surface area contributed by atoms with E-state index >= 15 is 0 Å². The van der Waals surface area contributed by atoms with Crippen LogP contribution in [-0.4, -0.2) is 96.7 Å². The van der Waals surface area contributed by atoms with Crippen molar-refractivity contribution in [2.75, 3.05) is 39.6 Å². The van der Waals surface area contributed by atoms with Crippen molar-refractivity contribution in [2.24, 2.45) is 0 Å². The number of unbranched alkanes of at least 4 members (excludes halogenated alkanes) is 24. The molecule has 19 heteroatoms. The molecule has 0 bridgehead atoms. The molecule has 0 saturated carbocycles. The van der Waals surface area contributed by atoms with Gasteiger partial charge in [0.1, 0.15) is 19.3 Å². The van der Waals surface area contributed by atoms with Crippen molar-refractivity contribution in [3.8, 4) is 0 Å². The number of esters is 4. The van der Waals surface area contributed by atoms with E-state index in [0.29, 0.717) is 32.1 Å². The van der Waals surface area contributed by atoms with Gasteiger partial charge in [0.15, 0.2) is 12.2 Å². The van der Waals surface area contributed by atoms with Crippen molar-refractivity contribution < 1.29 is 80.2 Å². The van der Waals surface area contributed by atoms with Gasteiger partial charge in [-0.3, -0.25) is 37.3 Å². The Hall–Kier alpha value is -5.06. The molecular weight excluding hydrogens is 1350 g/mol. The molecule has 5 atom stereocenters. The van der Waals surface area contributed by atoms with Crippen LogP contribution in [0.1, 0.15) is 310 Å². The Labute approximate surface area is 630 Å². The van der Waals surface area contributed by atoms with E-state index in [0.717, 1.165) is 148 Å². The third-order valence-corrected chi connectivity index (χ3v) is 18.2. The number of phosphoric ester groups is 2. The summed E-state index contributed by atoms with van der Waals surface area (Å²) in [5.74, 6) is -2.32. The topological polar surface area (TPSA) is 237 Å². The summed E-state index contributed by atoms with van der Waals surface area (Å²) in [6.45, 7) is 4.51. The largest absolute Gasteiger partial charge is 0.472 e. The highest BCUT2D eigenvalue weighted by molar-refractivity contribution is 7.47. The second-order valence-electron chi connectivity index (χ2n) is 26.2. The van der Waals surface area contributed by atoms with Gasteiger partial charge in [0.2, 0.25) is 0 Å². The molecule has 104 heavy (non-hydrogen) atoms. The molecule has 0 amide bonds. The van der Waals surface area contributed by atoms with Crippen LogP contribution in [0.4, 0.5) is 0 Å². The van der Waals surface area contributed by atoms with E-state index in [4.69, 9.17) is 37.0 Å². The second kappa shape index (κ2) is 76.1. The molecule has 0 saturated heterocycles. The molecule has 0 heterocycles. The lowest BCUT2D eigenvalue weighted by atomic mass is 10.0. The lowest BCUT2D eigenvalue weighted by Crippen LogP contribution is -2.30. The van der Waals surface area contributed by atoms with Crippen LogP contribution < -0.4 is 0 Å². The number of hydrogen-bond donors (Lipinski definition) is 3. The van der Waals surface area contributed by atoms with Gasteiger partial charge in [-0.15, -0.1) is 0 Å². The van der Waals surface area contributed by atoms with E-state index in [1.165, 1.54) is 77.0 Å². The lowest BCUT2D eigenvalue weighted by Gasteiger charge is -2.21. The predicted molar refractivity (Wildman–Crippen MR) is 427 cm³/mol. The number of carbonyl (C=O) groups excluding carboxylic acids is 4. The van der Waals surface area contributed by atoms with Gasteiger partial charge in [-0.1, -0.05) is 296 Å². The highest BCUT2D eigenvalue weighted by Crippen LogP contribution is 2.45. The van der Waals surface area contributed by atoms with E-state index in [-0.39, 0.29) is 25.7 Å². The molecule has 0 aromatic carbocycles. The Balaban J connectivity index is 5.43. The van der Waals surface area contributed by atoms with E-state index in [1.54, 1.807) is 0 Å². The quantitative estimate of drug-likeness (QED) is 0.0169. The lowest BCUT2D eigenvalue weighted by molar-refractivity contribution is -0.161. The van der Waals surface area contributed by atoms with Gasteiger partial charge in [-0.2, -0.15) is 0 Å². The number of hydrogen-bond acceptors (Lipinski definition) is 15. The average molecular weight is 1500 g/mol. The number of rotatable bonds is 74. The molecule has 0 rings (SSSR count). The van der Waals surface area contributed by atoms with Crippen molar-refractivity contribution in [1.82, 2.24) is 0 Å². The summed E-state index contributed by atoms with van der Waals surface area (Å²) >= 11 is 0. The number of aliphatic hydroxyl groups is 1. The second-order valence-corrected chi connectivity index (χ2v) is 29.2. The van der Waals surface area contributed by atoms with Crippen molar-refractivity contribution >= 4 is 39.5 Å². The van der Waals surface area contributed by atoms with E-state index in [1.807, 2.05) is 18.2 Å². The van der Waals surface area contributed by atoms with Crippen LogP contribution in [0.3, 0.4) is 0 Å². The third-order valence-electron chi connectivity index (χ3n) is 16.3. The van der Waals surface area contributed by atoms with Gasteiger partial charge in [0.05, 0.1) is 26.4 Å². The SMILES string of the molecule is CC/C=C\C/C=C\C/C=C\C/C=C\C/C=C\C/C=C\CCC(=O)OCC(COP(=O)(O)OCC(O)COP(=O)(O)OCC(COC(=O)CCCCC/C=C\C/C=C\C/C=C\C/C=C\C/C=C\CC)OC(=O)CCCCCCCCCCCCCCC)OC(=O)CCCCCCC/C=C\CCCCCC. The molecule has 17 nitrogen and oxygen atoms in total. The summed E-state index contributed by atoms with van der Waals surface area (Å²) in [6.07, 6.45) is 87.0. The van der Waals surface area contributed by atoms with Crippen LogP contribution in [0.5, 0.6) is 0 Å². The maximum absolute atomic E-state index is 13.1. The van der Waals surface area contributed by atoms with Gasteiger partial charge in [0, 0.05) is 25.7 Å². The third kappa shape index (κ3) is 75.2. The molecule has 0 aliphatic rings. The smallest absolute Gasteiger partial charge is 0.462 e. The highest BCUT2D eigenvalue weighted by Gasteiger charge is 2.30. The van der Waals surface area contributed by atoms with Crippen LogP contribution >= 0.6 is 15.6 Å². The number of carbonyl (C=O) groups is 4. The average Bonchev–Trinajstić information content (AvgIpc) is 0.913. The minimum atomic E-state index is -5.00. The van der Waals surface area contributed by atoms with Crippen molar-refractivity contribution in [3.05, 3.63) is 146 Å². The fourth-order valence-electron chi connectivity index (χ4n) is 10.3. The fourth-order valence-corrected chi connectivity index (χ4v) is 11.8. The van der Waals surface area contributed by atoms with Gasteiger partial charge in [-0.05, 0) is 135 Å². The summed E-state index contributed by atoms with van der Waals surface area (Å²) in [6, 6.07) is 0. The van der Waals surface area contributed by atoms with Crippen LogP contribution in [0.15, 0.2) is 146 Å². The molecule has 3 N–H and O–H groups in total. The zero-order valence-electron chi connectivity index (χ0n) is 64.9. The molecule has 0 radical (unpaired) electrons. The maximum atomic E-state index is 13.1. The van der Waals surface area contributed by atoms with Crippen LogP contribution in [-0.2, 0) is 65.4 Å². The monoisotopic (exact) mass is 1500 g/mol. The molecule has 0 fully saturated rings. The summed E-state index contributed by atoms with van der Waals surface area (Å²) < 4.78 is 68.5. The fraction of sp³-hybridized carbons (Fsp3) is 0.671. The molecule has 0 aliphatic carbocycles. The van der Waals surface area contributed by atoms with E-state index < -0.39 is 97.5 Å². The van der Waals surface area contributed by atoms with Gasteiger partial charge in [0.25, 0.3) is 0 Å². The Morgan fingerprint density at radius 1 is 0.279 bits per heavy atom. The number of aliphatic hydroxyl groups excluding tert-OH is 1. The zero-order chi connectivity index (χ0) is 76.0. The standard InChI is InChI=1S/C85H142O17P2/c1-5-9-13-17-21-25-29-33-35-37-39-41-43-47-49-53-57-61-65-69-82(87)95-75-80(101-84(89)71-67-63-59-55-51-45-31-27-23-19-15-11-7-3)77-99-103(91,92)97-73-79(86)74-98-104(93,94)100-78-81(102-85(90)72-68-64-60-56-52-46-32-28-24-20-16-12-8-4)76-96-83(88)70-66-62-58-54-50-48-44-42-40-38-36-34-30-26-22-18-14-10-6-2/h9-10,13-14,21-22,25-27,31,33-36,39-42,47-50,57,61,79-81,86H,5-8,11-12,15-20,23-24,28-30,32,37-38,43-46,51-56,58-60,62-78H2,1-4H3,(H,91,92)(H,93,94)/b13-9-,14-10-,25-21-,26-22-,31-27-,35-33-,36-34-,41-39-,42-40-,49-47-,50-48-,61-57-. The minimum absolute atomic E-state index is 0.0313. The highest BCUT2D eigenvalue weighted by atomic mass is 31.2. The maximum Gasteiger partial charge on any atom is 0.472 e. The summed E-state index contributed by atoms with van der Waals surface area (Å²) in [4.78, 5) is 73.0. The first-order valence-electron chi connectivity index (χ1n) is 40.1. The summed E-state index contributed by atoms with van der Waals surface area (Å²) in [5.41, 5.74) is 0. The van der Waals surface area contributed by atoms with E-state index in [9.17, 15) is 43.2 Å².